The SMILES string of the molecule is COC(=O)[C@H](CNC(=O)C1CCN(c2cc(C)nc(N=C3N(C(=O)OC(C)(C)C)CCCN3C(=O)OC(C)(C)C)n2)CC1)NC(=O)OCc1ccccc1. The number of piperidine rings is 1. The first kappa shape index (κ1) is 41.3. The number of hydrogen-bond donors (Lipinski definition) is 2. The monoisotopic (exact) mass is 752 g/mol. The number of nitrogens with zero attached hydrogens (tertiary/aromatic N) is 6. The van der Waals surface area contributed by atoms with Crippen LogP contribution in [0.5, 0.6) is 0 Å². The van der Waals surface area contributed by atoms with Crippen LogP contribution in [0.1, 0.15) is 72.1 Å². The zero-order chi connectivity index (χ0) is 39.6. The van der Waals surface area contributed by atoms with Crippen LogP contribution in [0.4, 0.5) is 26.1 Å². The van der Waals surface area contributed by atoms with E-state index >= 15 is 0 Å². The average molecular weight is 753 g/mol. The summed E-state index contributed by atoms with van der Waals surface area (Å²) >= 11 is 0. The van der Waals surface area contributed by atoms with E-state index in [0.717, 1.165) is 5.56 Å². The third kappa shape index (κ3) is 12.3. The standard InChI is InChI=1S/C37H52N8O9/c1-24-21-28(41-31(39-24)42-32-44(34(49)53-36(2,3)4)17-12-18-45(32)35(50)54-37(5,6)7)43-19-15-26(16-20-43)29(46)38-22-27(30(47)51-8)40-33(48)52-23-25-13-10-9-11-14-25/h9-11,13-14,21,26-27H,12,15-20,22-23H2,1-8H3,(H,38,46)(H,40,48)/t27-/m0/s1. The van der Waals surface area contributed by atoms with E-state index in [0.29, 0.717) is 43.9 Å². The zero-order valence-corrected chi connectivity index (χ0v) is 32.3. The van der Waals surface area contributed by atoms with Crippen molar-refractivity contribution in [2.24, 2.45) is 10.9 Å². The summed E-state index contributed by atoms with van der Waals surface area (Å²) in [5, 5.41) is 5.22. The smallest absolute Gasteiger partial charge is 0.417 e. The Morgan fingerprint density at radius 1 is 0.889 bits per heavy atom. The van der Waals surface area contributed by atoms with Crippen LogP contribution in [0.15, 0.2) is 41.4 Å². The molecule has 4 rings (SSSR count). The number of esters is 1. The minimum atomic E-state index is -1.15. The van der Waals surface area contributed by atoms with Gasteiger partial charge in [-0.2, -0.15) is 9.98 Å². The number of methoxy groups -OCH3 is 1. The summed E-state index contributed by atoms with van der Waals surface area (Å²) in [7, 11) is 1.19. The molecule has 1 atom stereocenters. The van der Waals surface area contributed by atoms with Crippen molar-refractivity contribution >= 4 is 47.9 Å². The molecule has 1 aromatic heterocycles. The molecule has 0 unspecified atom stereocenters. The van der Waals surface area contributed by atoms with Gasteiger partial charge < -0.3 is 34.5 Å². The van der Waals surface area contributed by atoms with Gasteiger partial charge in [-0.15, -0.1) is 0 Å². The highest BCUT2D eigenvalue weighted by atomic mass is 16.6. The third-order valence-electron chi connectivity index (χ3n) is 8.16. The highest BCUT2D eigenvalue weighted by Crippen LogP contribution is 2.26. The van der Waals surface area contributed by atoms with Crippen LogP contribution in [-0.2, 0) is 35.1 Å². The molecule has 17 heteroatoms. The number of alkyl carbamates (subject to hydrolysis) is 1. The molecule has 54 heavy (non-hydrogen) atoms. The molecule has 2 saturated heterocycles. The lowest BCUT2D eigenvalue weighted by Crippen LogP contribution is -2.56. The quantitative estimate of drug-likeness (QED) is 0.270. The van der Waals surface area contributed by atoms with E-state index in [2.05, 4.69) is 25.6 Å². The van der Waals surface area contributed by atoms with Gasteiger partial charge in [0.2, 0.25) is 11.9 Å². The van der Waals surface area contributed by atoms with Crippen molar-refractivity contribution in [3.8, 4) is 0 Å². The van der Waals surface area contributed by atoms with Gasteiger partial charge in [-0.05, 0) is 73.3 Å². The summed E-state index contributed by atoms with van der Waals surface area (Å²) in [6.45, 7) is 13.6. The van der Waals surface area contributed by atoms with E-state index in [9.17, 15) is 24.0 Å². The fourth-order valence-corrected chi connectivity index (χ4v) is 5.63. The molecule has 0 aliphatic carbocycles. The first-order valence-corrected chi connectivity index (χ1v) is 18.0. The molecular weight excluding hydrogens is 700 g/mol. The van der Waals surface area contributed by atoms with E-state index in [4.69, 9.17) is 18.9 Å². The second-order valence-electron chi connectivity index (χ2n) is 15.0. The number of rotatable bonds is 9. The van der Waals surface area contributed by atoms with Gasteiger partial charge in [0.05, 0.1) is 7.11 Å². The van der Waals surface area contributed by atoms with E-state index in [1.54, 1.807) is 66.7 Å². The molecule has 2 aliphatic rings. The molecule has 0 saturated carbocycles. The van der Waals surface area contributed by atoms with Crippen LogP contribution < -0.4 is 15.5 Å². The number of nitrogens with one attached hydrogen (secondary N) is 2. The number of ether oxygens (including phenoxy) is 4. The van der Waals surface area contributed by atoms with Crippen LogP contribution in [0.2, 0.25) is 0 Å². The Hall–Kier alpha value is -5.48. The summed E-state index contributed by atoms with van der Waals surface area (Å²) in [6, 6.07) is 9.73. The van der Waals surface area contributed by atoms with Crippen molar-refractivity contribution in [2.45, 2.75) is 91.6 Å². The van der Waals surface area contributed by atoms with Gasteiger partial charge in [-0.25, -0.2) is 34.0 Å². The normalized spacial score (nSPS) is 15.9. The maximum absolute atomic E-state index is 13.3. The molecule has 0 radical (unpaired) electrons. The highest BCUT2D eigenvalue weighted by molar-refractivity contribution is 6.02. The van der Waals surface area contributed by atoms with Crippen LogP contribution in [-0.4, -0.2) is 113 Å². The number of benzene rings is 1. The summed E-state index contributed by atoms with van der Waals surface area (Å²) in [6.07, 6.45) is -0.722. The van der Waals surface area contributed by atoms with Crippen LogP contribution in [0.3, 0.4) is 0 Å². The predicted octanol–water partition coefficient (Wildman–Crippen LogP) is 4.45. The topological polar surface area (TPSA) is 194 Å². The molecule has 294 valence electrons. The predicted molar refractivity (Wildman–Crippen MR) is 198 cm³/mol. The molecule has 2 aliphatic heterocycles. The Kier molecular flexibility index (Phi) is 13.8. The Morgan fingerprint density at radius 3 is 2.04 bits per heavy atom. The van der Waals surface area contributed by atoms with Gasteiger partial charge in [-0.3, -0.25) is 4.79 Å². The summed E-state index contributed by atoms with van der Waals surface area (Å²) < 4.78 is 21.3. The maximum atomic E-state index is 13.3. The van der Waals surface area contributed by atoms with Gasteiger partial charge in [-0.1, -0.05) is 30.3 Å². The zero-order valence-electron chi connectivity index (χ0n) is 32.3. The lowest BCUT2D eigenvalue weighted by molar-refractivity contribution is -0.143. The second kappa shape index (κ2) is 18.0. The summed E-state index contributed by atoms with van der Waals surface area (Å²) in [5.74, 6) is -0.756. The molecule has 2 N–H and O–H groups in total. The lowest BCUT2D eigenvalue weighted by Gasteiger charge is -2.37. The van der Waals surface area contributed by atoms with Gasteiger partial charge in [0, 0.05) is 50.4 Å². The first-order chi connectivity index (χ1) is 25.4. The average Bonchev–Trinajstić information content (AvgIpc) is 3.10. The van der Waals surface area contributed by atoms with Crippen molar-refractivity contribution in [3.63, 3.8) is 0 Å². The number of amides is 4. The maximum Gasteiger partial charge on any atom is 0.417 e. The minimum absolute atomic E-state index is 0.000819. The Morgan fingerprint density at radius 2 is 1.48 bits per heavy atom. The van der Waals surface area contributed by atoms with Crippen LogP contribution >= 0.6 is 0 Å². The van der Waals surface area contributed by atoms with Gasteiger partial charge >= 0.3 is 24.2 Å². The molecule has 17 nitrogen and oxygen atoms in total. The minimum Gasteiger partial charge on any atom is -0.467 e. The third-order valence-corrected chi connectivity index (χ3v) is 8.16. The molecule has 1 aromatic carbocycles. The second-order valence-corrected chi connectivity index (χ2v) is 15.0. The van der Waals surface area contributed by atoms with Crippen molar-refractivity contribution in [2.75, 3.05) is 44.7 Å². The number of guanidine groups is 1. The van der Waals surface area contributed by atoms with Crippen molar-refractivity contribution in [3.05, 3.63) is 47.7 Å². The van der Waals surface area contributed by atoms with E-state index in [-0.39, 0.29) is 50.0 Å². The number of aryl methyl sites for hydroxylation is 1. The van der Waals surface area contributed by atoms with E-state index in [1.165, 1.54) is 16.9 Å². The van der Waals surface area contributed by atoms with Crippen LogP contribution in [0, 0.1) is 12.8 Å². The van der Waals surface area contributed by atoms with E-state index in [1.807, 2.05) is 23.1 Å². The molecule has 0 spiro atoms. The molecule has 2 aromatic rings. The molecule has 3 heterocycles. The lowest BCUT2D eigenvalue weighted by atomic mass is 9.96. The largest absolute Gasteiger partial charge is 0.467 e. The molecule has 4 amide bonds. The number of anilines is 1. The molecule has 2 fully saturated rings. The van der Waals surface area contributed by atoms with Crippen molar-refractivity contribution < 1.29 is 42.9 Å². The summed E-state index contributed by atoms with van der Waals surface area (Å²) in [5.41, 5.74) is -0.194. The number of carbonyl (C=O) groups excluding carboxylic acids is 5. The van der Waals surface area contributed by atoms with E-state index < -0.39 is 41.5 Å². The Labute approximate surface area is 315 Å². The fraction of sp³-hybridized carbons (Fsp3) is 0.568. The van der Waals surface area contributed by atoms with Gasteiger partial charge in [0.25, 0.3) is 5.95 Å². The summed E-state index contributed by atoms with van der Waals surface area (Å²) in [4.78, 5) is 82.9. The first-order valence-electron chi connectivity index (χ1n) is 18.0. The van der Waals surface area contributed by atoms with Crippen molar-refractivity contribution in [1.29, 1.82) is 0 Å². The molecule has 0 bridgehead atoms. The fourth-order valence-electron chi connectivity index (χ4n) is 5.63. The van der Waals surface area contributed by atoms with Crippen LogP contribution in [0.25, 0.3) is 0 Å². The highest BCUT2D eigenvalue weighted by Gasteiger charge is 2.37. The molecular formula is C37H52N8O9. The Balaban J connectivity index is 1.42. The Bertz CT molecular complexity index is 1640. The van der Waals surface area contributed by atoms with Gasteiger partial charge in [0.15, 0.2) is 0 Å². The van der Waals surface area contributed by atoms with Crippen molar-refractivity contribution in [1.82, 2.24) is 30.4 Å². The number of carbonyl (C=O) groups is 5. The number of aromatic nitrogens is 2. The van der Waals surface area contributed by atoms with Gasteiger partial charge in [0.1, 0.15) is 29.7 Å². The number of hydrogen-bond acceptors (Lipinski definition) is 13. The number of aliphatic imine (C=N–C) groups is 1.